The van der Waals surface area contributed by atoms with Crippen molar-refractivity contribution in [1.82, 2.24) is 20.5 Å². The number of hydrogen-bond acceptors (Lipinski definition) is 7. The average molecular weight is 439 g/mol. The van der Waals surface area contributed by atoms with Crippen molar-refractivity contribution in [2.75, 3.05) is 6.54 Å². The van der Waals surface area contributed by atoms with Gasteiger partial charge in [0.2, 0.25) is 17.7 Å². The monoisotopic (exact) mass is 438 g/mol. The van der Waals surface area contributed by atoms with Gasteiger partial charge in [-0.05, 0) is 44.0 Å². The summed E-state index contributed by atoms with van der Waals surface area (Å²) in [6, 6.07) is 13.9. The van der Waals surface area contributed by atoms with Crippen LogP contribution in [-0.2, 0) is 17.6 Å². The van der Waals surface area contributed by atoms with Gasteiger partial charge in [-0.25, -0.2) is 4.98 Å². The lowest BCUT2D eigenvalue weighted by Crippen LogP contribution is -2.25. The first kappa shape index (κ1) is 20.4. The van der Waals surface area contributed by atoms with E-state index in [9.17, 15) is 4.79 Å². The van der Waals surface area contributed by atoms with Crippen LogP contribution in [0.4, 0.5) is 0 Å². The fraction of sp³-hybridized carbons (Fsp3) is 0.273. The van der Waals surface area contributed by atoms with Gasteiger partial charge in [0.25, 0.3) is 0 Å². The van der Waals surface area contributed by atoms with Gasteiger partial charge in [0.1, 0.15) is 0 Å². The number of aromatic nitrogens is 3. The van der Waals surface area contributed by atoms with E-state index in [1.165, 1.54) is 9.75 Å². The Morgan fingerprint density at radius 1 is 1.10 bits per heavy atom. The van der Waals surface area contributed by atoms with E-state index in [-0.39, 0.29) is 5.91 Å². The number of rotatable bonds is 9. The lowest BCUT2D eigenvalue weighted by atomic mass is 10.2. The van der Waals surface area contributed by atoms with Gasteiger partial charge in [-0.1, -0.05) is 18.2 Å². The number of nitrogens with one attached hydrogen (secondary N) is 1. The summed E-state index contributed by atoms with van der Waals surface area (Å²) in [4.78, 5) is 19.0. The van der Waals surface area contributed by atoms with Crippen LogP contribution in [0.5, 0.6) is 0 Å². The highest BCUT2D eigenvalue weighted by Crippen LogP contribution is 2.29. The van der Waals surface area contributed by atoms with Crippen LogP contribution in [0, 0.1) is 6.92 Å². The molecule has 30 heavy (non-hydrogen) atoms. The fourth-order valence-corrected chi connectivity index (χ4v) is 4.65. The summed E-state index contributed by atoms with van der Waals surface area (Å²) in [5.41, 5.74) is 1.94. The molecule has 1 aromatic carbocycles. The lowest BCUT2D eigenvalue weighted by Gasteiger charge is -2.03. The van der Waals surface area contributed by atoms with E-state index >= 15 is 0 Å². The van der Waals surface area contributed by atoms with E-state index in [0.717, 1.165) is 22.7 Å². The molecule has 0 saturated carbocycles. The van der Waals surface area contributed by atoms with Gasteiger partial charge in [0.05, 0.1) is 15.6 Å². The molecule has 6 nitrogen and oxygen atoms in total. The molecule has 8 heteroatoms. The first-order valence-corrected chi connectivity index (χ1v) is 11.5. The van der Waals surface area contributed by atoms with Gasteiger partial charge in [-0.2, -0.15) is 0 Å². The minimum absolute atomic E-state index is 0.0460. The predicted molar refractivity (Wildman–Crippen MR) is 120 cm³/mol. The largest absolute Gasteiger partial charge is 0.421 e. The van der Waals surface area contributed by atoms with E-state index < -0.39 is 0 Å². The van der Waals surface area contributed by atoms with Crippen molar-refractivity contribution in [1.29, 1.82) is 0 Å². The lowest BCUT2D eigenvalue weighted by molar-refractivity contribution is -0.121. The van der Waals surface area contributed by atoms with Crippen LogP contribution in [0.25, 0.3) is 22.0 Å². The second-order valence-electron chi connectivity index (χ2n) is 6.84. The van der Waals surface area contributed by atoms with Gasteiger partial charge in [-0.15, -0.1) is 32.9 Å². The summed E-state index contributed by atoms with van der Waals surface area (Å²) >= 11 is 3.39. The third-order valence-electron chi connectivity index (χ3n) is 4.51. The molecule has 0 unspecified atom stereocenters. The van der Waals surface area contributed by atoms with Gasteiger partial charge >= 0.3 is 0 Å². The van der Waals surface area contributed by atoms with Crippen molar-refractivity contribution in [3.05, 3.63) is 63.6 Å². The van der Waals surface area contributed by atoms with E-state index in [0.29, 0.717) is 37.6 Å². The van der Waals surface area contributed by atoms with Gasteiger partial charge < -0.3 is 9.73 Å². The molecule has 4 aromatic rings. The molecule has 0 bridgehead atoms. The van der Waals surface area contributed by atoms with E-state index in [1.807, 2.05) is 37.3 Å². The van der Waals surface area contributed by atoms with Crippen molar-refractivity contribution < 1.29 is 9.21 Å². The highest BCUT2D eigenvalue weighted by atomic mass is 32.1. The Morgan fingerprint density at radius 3 is 2.77 bits per heavy atom. The van der Waals surface area contributed by atoms with Crippen molar-refractivity contribution in [2.45, 2.75) is 32.6 Å². The Morgan fingerprint density at radius 2 is 1.97 bits per heavy atom. The van der Waals surface area contributed by atoms with Gasteiger partial charge in [0, 0.05) is 35.2 Å². The maximum absolute atomic E-state index is 12.1. The summed E-state index contributed by atoms with van der Waals surface area (Å²) in [6.07, 6.45) is 2.53. The van der Waals surface area contributed by atoms with Crippen LogP contribution in [0.2, 0.25) is 0 Å². The van der Waals surface area contributed by atoms with Crippen LogP contribution < -0.4 is 5.32 Å². The Kier molecular flexibility index (Phi) is 6.66. The summed E-state index contributed by atoms with van der Waals surface area (Å²) < 4.78 is 5.67. The molecule has 0 fully saturated rings. The third-order valence-corrected chi connectivity index (χ3v) is 6.45. The zero-order valence-electron chi connectivity index (χ0n) is 16.6. The normalized spacial score (nSPS) is 11.0. The molecule has 0 aliphatic carbocycles. The SMILES string of the molecule is Cc1nc(-c2ccc(CCNC(=O)CCCc3nnc(-c4ccccc4)o3)s2)cs1. The smallest absolute Gasteiger partial charge is 0.247 e. The molecule has 4 rings (SSSR count). The van der Waals surface area contributed by atoms with E-state index in [4.69, 9.17) is 4.42 Å². The zero-order valence-corrected chi connectivity index (χ0v) is 18.3. The summed E-state index contributed by atoms with van der Waals surface area (Å²) in [6.45, 7) is 2.65. The predicted octanol–water partition coefficient (Wildman–Crippen LogP) is 4.91. The minimum Gasteiger partial charge on any atom is -0.421 e. The Bertz CT molecular complexity index is 1100. The highest BCUT2D eigenvalue weighted by Gasteiger charge is 2.10. The van der Waals surface area contributed by atoms with Crippen molar-refractivity contribution >= 4 is 28.6 Å². The standard InChI is InChI=1S/C22H22N4O2S2/c1-15-24-18(14-29-15)19-11-10-17(30-19)12-13-23-20(27)8-5-9-21-25-26-22(28-21)16-6-3-2-4-7-16/h2-4,6-7,10-11,14H,5,8-9,12-13H2,1H3,(H,23,27). The number of hydrogen-bond donors (Lipinski definition) is 1. The number of benzene rings is 1. The number of thiazole rings is 1. The van der Waals surface area contributed by atoms with E-state index in [1.54, 1.807) is 22.7 Å². The second kappa shape index (κ2) is 9.77. The Balaban J connectivity index is 1.16. The summed E-state index contributed by atoms with van der Waals surface area (Å²) in [5, 5.41) is 14.3. The Hall–Kier alpha value is -2.84. The number of nitrogens with zero attached hydrogens (tertiary/aromatic N) is 3. The molecule has 0 saturated heterocycles. The number of amides is 1. The van der Waals surface area contributed by atoms with Crippen molar-refractivity contribution in [2.24, 2.45) is 0 Å². The highest BCUT2D eigenvalue weighted by molar-refractivity contribution is 7.16. The van der Waals surface area contributed by atoms with Crippen molar-refractivity contribution in [3.63, 3.8) is 0 Å². The fourth-order valence-electron chi connectivity index (χ4n) is 2.99. The molecule has 3 heterocycles. The zero-order chi connectivity index (χ0) is 20.8. The van der Waals surface area contributed by atoms with E-state index in [2.05, 4.69) is 38.0 Å². The van der Waals surface area contributed by atoms with Crippen molar-refractivity contribution in [3.8, 4) is 22.0 Å². The van der Waals surface area contributed by atoms with Crippen LogP contribution in [-0.4, -0.2) is 27.6 Å². The molecule has 0 spiro atoms. The molecule has 3 aromatic heterocycles. The molecule has 1 N–H and O–H groups in total. The van der Waals surface area contributed by atoms with Crippen LogP contribution >= 0.6 is 22.7 Å². The van der Waals surface area contributed by atoms with Crippen LogP contribution in [0.1, 0.15) is 28.6 Å². The van der Waals surface area contributed by atoms with Crippen LogP contribution in [0.3, 0.4) is 0 Å². The second-order valence-corrected chi connectivity index (χ2v) is 9.07. The number of aryl methyl sites for hydroxylation is 2. The molecular weight excluding hydrogens is 416 g/mol. The molecule has 1 amide bonds. The topological polar surface area (TPSA) is 80.9 Å². The first-order chi connectivity index (χ1) is 14.7. The van der Waals surface area contributed by atoms with Crippen LogP contribution in [0.15, 0.2) is 52.3 Å². The maximum atomic E-state index is 12.1. The number of carbonyl (C=O) groups excluding carboxylic acids is 1. The molecule has 0 radical (unpaired) electrons. The molecule has 0 atom stereocenters. The molecule has 0 aliphatic heterocycles. The molecular formula is C22H22N4O2S2. The molecule has 154 valence electrons. The number of carbonyl (C=O) groups is 1. The van der Waals surface area contributed by atoms with Gasteiger partial charge in [0.15, 0.2) is 0 Å². The number of thiophene rings is 1. The molecule has 0 aliphatic rings. The average Bonchev–Trinajstić information content (AvgIpc) is 3.50. The summed E-state index contributed by atoms with van der Waals surface area (Å²) in [7, 11) is 0. The Labute approximate surface area is 183 Å². The minimum atomic E-state index is 0.0460. The maximum Gasteiger partial charge on any atom is 0.247 e. The summed E-state index contributed by atoms with van der Waals surface area (Å²) in [5.74, 6) is 1.12. The third kappa shape index (κ3) is 5.40. The first-order valence-electron chi connectivity index (χ1n) is 9.83. The van der Waals surface area contributed by atoms with Gasteiger partial charge in [-0.3, -0.25) is 4.79 Å². The quantitative estimate of drug-likeness (QED) is 0.401.